The molecule has 1 rings (SSSR count). The largest absolute Gasteiger partial charge is 0.297 e. The van der Waals surface area contributed by atoms with Gasteiger partial charge in [-0.2, -0.15) is 0 Å². The Morgan fingerprint density at radius 3 is 2.38 bits per heavy atom. The molecule has 1 atom stereocenters. The number of Topliss-reactive ketones (excluding diaryl/α,β-unsaturated/α-hetero) is 1. The zero-order valence-electron chi connectivity index (χ0n) is 10.1. The first-order chi connectivity index (χ1) is 7.43. The van der Waals surface area contributed by atoms with Crippen LogP contribution in [0.25, 0.3) is 0 Å². The lowest BCUT2D eigenvalue weighted by Gasteiger charge is -2.24. The standard InChI is InChI=1S/C12H17ClN2O/c1-8(2)12(16)11(15(3)4)9-5-6-10(13)14-7-9/h5-8,11H,1-4H3. The number of halogens is 1. The van der Waals surface area contributed by atoms with E-state index < -0.39 is 0 Å². The van der Waals surface area contributed by atoms with E-state index in [1.807, 2.05) is 38.9 Å². The summed E-state index contributed by atoms with van der Waals surface area (Å²) in [7, 11) is 3.78. The smallest absolute Gasteiger partial charge is 0.157 e. The van der Waals surface area contributed by atoms with Crippen molar-refractivity contribution in [1.29, 1.82) is 0 Å². The van der Waals surface area contributed by atoms with Gasteiger partial charge in [-0.1, -0.05) is 31.5 Å². The van der Waals surface area contributed by atoms with Crippen LogP contribution in [0.2, 0.25) is 5.15 Å². The molecule has 0 aliphatic carbocycles. The predicted molar refractivity (Wildman–Crippen MR) is 65.5 cm³/mol. The molecular weight excluding hydrogens is 224 g/mol. The van der Waals surface area contributed by atoms with Gasteiger partial charge >= 0.3 is 0 Å². The molecule has 1 aromatic heterocycles. The summed E-state index contributed by atoms with van der Waals surface area (Å²) in [6.07, 6.45) is 1.66. The summed E-state index contributed by atoms with van der Waals surface area (Å²) in [5.74, 6) is 0.192. The average molecular weight is 241 g/mol. The quantitative estimate of drug-likeness (QED) is 0.759. The van der Waals surface area contributed by atoms with Gasteiger partial charge in [0.1, 0.15) is 5.15 Å². The van der Waals surface area contributed by atoms with Crippen LogP contribution in [-0.4, -0.2) is 29.8 Å². The molecular formula is C12H17ClN2O. The van der Waals surface area contributed by atoms with E-state index in [0.717, 1.165) is 5.56 Å². The van der Waals surface area contributed by atoms with E-state index in [1.54, 1.807) is 12.3 Å². The first-order valence-corrected chi connectivity index (χ1v) is 5.63. The summed E-state index contributed by atoms with van der Waals surface area (Å²) in [5, 5.41) is 0.443. The summed E-state index contributed by atoms with van der Waals surface area (Å²) < 4.78 is 0. The summed E-state index contributed by atoms with van der Waals surface area (Å²) in [4.78, 5) is 18.0. The lowest BCUT2D eigenvalue weighted by molar-refractivity contribution is -0.126. The number of carbonyl (C=O) groups is 1. The molecule has 0 aromatic carbocycles. The predicted octanol–water partition coefficient (Wildman–Crippen LogP) is 2.56. The van der Waals surface area contributed by atoms with Crippen molar-refractivity contribution in [3.63, 3.8) is 0 Å². The van der Waals surface area contributed by atoms with Gasteiger partial charge in [-0.05, 0) is 25.7 Å². The fraction of sp³-hybridized carbons (Fsp3) is 0.500. The maximum atomic E-state index is 12.1. The van der Waals surface area contributed by atoms with Gasteiger partial charge in [0.2, 0.25) is 0 Å². The van der Waals surface area contributed by atoms with Gasteiger partial charge in [0, 0.05) is 12.1 Å². The van der Waals surface area contributed by atoms with Crippen LogP contribution in [0, 0.1) is 5.92 Å². The first-order valence-electron chi connectivity index (χ1n) is 5.25. The van der Waals surface area contributed by atoms with E-state index in [1.165, 1.54) is 0 Å². The van der Waals surface area contributed by atoms with Crippen LogP contribution < -0.4 is 0 Å². The highest BCUT2D eigenvalue weighted by Crippen LogP contribution is 2.22. The van der Waals surface area contributed by atoms with Crippen LogP contribution in [0.3, 0.4) is 0 Å². The van der Waals surface area contributed by atoms with E-state index in [4.69, 9.17) is 11.6 Å². The molecule has 1 aromatic rings. The third-order valence-electron chi connectivity index (χ3n) is 2.42. The van der Waals surface area contributed by atoms with Gasteiger partial charge in [0.25, 0.3) is 0 Å². The van der Waals surface area contributed by atoms with Crippen molar-refractivity contribution in [2.75, 3.05) is 14.1 Å². The fourth-order valence-corrected chi connectivity index (χ4v) is 1.69. The van der Waals surface area contributed by atoms with Crippen molar-refractivity contribution >= 4 is 17.4 Å². The van der Waals surface area contributed by atoms with Crippen LogP contribution in [0.1, 0.15) is 25.5 Å². The minimum atomic E-state index is -0.246. The molecule has 16 heavy (non-hydrogen) atoms. The summed E-state index contributed by atoms with van der Waals surface area (Å²) >= 11 is 5.73. The van der Waals surface area contributed by atoms with Crippen LogP contribution in [0.15, 0.2) is 18.3 Å². The molecule has 0 radical (unpaired) electrons. The van der Waals surface area contributed by atoms with Crippen molar-refractivity contribution < 1.29 is 4.79 Å². The van der Waals surface area contributed by atoms with E-state index in [0.29, 0.717) is 5.15 Å². The maximum absolute atomic E-state index is 12.1. The van der Waals surface area contributed by atoms with Crippen molar-refractivity contribution in [3.8, 4) is 0 Å². The summed E-state index contributed by atoms with van der Waals surface area (Å²) in [6, 6.07) is 3.31. The molecule has 0 saturated heterocycles. The molecule has 0 spiro atoms. The van der Waals surface area contributed by atoms with Crippen molar-refractivity contribution in [2.45, 2.75) is 19.9 Å². The molecule has 1 heterocycles. The Balaban J connectivity index is 3.03. The van der Waals surface area contributed by atoms with Gasteiger partial charge < -0.3 is 0 Å². The fourth-order valence-electron chi connectivity index (χ4n) is 1.58. The minimum Gasteiger partial charge on any atom is -0.297 e. The monoisotopic (exact) mass is 240 g/mol. The van der Waals surface area contributed by atoms with Crippen LogP contribution in [0.4, 0.5) is 0 Å². The number of ketones is 1. The normalized spacial score (nSPS) is 13.2. The molecule has 0 bridgehead atoms. The average Bonchev–Trinajstić information content (AvgIpc) is 2.20. The molecule has 3 nitrogen and oxygen atoms in total. The van der Waals surface area contributed by atoms with Gasteiger partial charge in [0.15, 0.2) is 5.78 Å². The third-order valence-corrected chi connectivity index (χ3v) is 2.64. The molecule has 0 aliphatic heterocycles. The highest BCUT2D eigenvalue weighted by Gasteiger charge is 2.25. The van der Waals surface area contributed by atoms with E-state index in [9.17, 15) is 4.79 Å². The SMILES string of the molecule is CC(C)C(=O)C(c1ccc(Cl)nc1)N(C)C. The van der Waals surface area contributed by atoms with Gasteiger partial charge in [-0.3, -0.25) is 9.69 Å². The van der Waals surface area contributed by atoms with Crippen LogP contribution in [-0.2, 0) is 4.79 Å². The zero-order valence-corrected chi connectivity index (χ0v) is 10.8. The second-order valence-electron chi connectivity index (χ2n) is 4.34. The Morgan fingerprint density at radius 2 is 2.00 bits per heavy atom. The maximum Gasteiger partial charge on any atom is 0.157 e. The second kappa shape index (κ2) is 5.41. The van der Waals surface area contributed by atoms with E-state index in [-0.39, 0.29) is 17.7 Å². The molecule has 0 fully saturated rings. The summed E-state index contributed by atoms with van der Waals surface area (Å²) in [6.45, 7) is 3.81. The molecule has 0 aliphatic rings. The number of carbonyl (C=O) groups excluding carboxylic acids is 1. The number of likely N-dealkylation sites (N-methyl/N-ethyl adjacent to an activating group) is 1. The van der Waals surface area contributed by atoms with Crippen LogP contribution in [0.5, 0.6) is 0 Å². The lowest BCUT2D eigenvalue weighted by atomic mass is 9.96. The van der Waals surface area contributed by atoms with Gasteiger partial charge in [-0.25, -0.2) is 4.98 Å². The number of rotatable bonds is 4. The number of pyridine rings is 1. The number of hydrogen-bond donors (Lipinski definition) is 0. The Hall–Kier alpha value is -0.930. The molecule has 0 saturated carbocycles. The molecule has 1 unspecified atom stereocenters. The lowest BCUT2D eigenvalue weighted by Crippen LogP contribution is -2.30. The first kappa shape index (κ1) is 13.1. The topological polar surface area (TPSA) is 33.2 Å². The molecule has 0 N–H and O–H groups in total. The Morgan fingerprint density at radius 1 is 1.38 bits per heavy atom. The molecule has 0 amide bonds. The highest BCUT2D eigenvalue weighted by atomic mass is 35.5. The van der Waals surface area contributed by atoms with Crippen molar-refractivity contribution in [2.24, 2.45) is 5.92 Å². The molecule has 88 valence electrons. The number of aromatic nitrogens is 1. The van der Waals surface area contributed by atoms with Gasteiger partial charge in [0.05, 0.1) is 6.04 Å². The van der Waals surface area contributed by atoms with Crippen molar-refractivity contribution in [3.05, 3.63) is 29.0 Å². The Kier molecular flexibility index (Phi) is 4.44. The summed E-state index contributed by atoms with van der Waals surface area (Å²) in [5.41, 5.74) is 0.883. The zero-order chi connectivity index (χ0) is 12.3. The van der Waals surface area contributed by atoms with Crippen molar-refractivity contribution in [1.82, 2.24) is 9.88 Å². The Bertz CT molecular complexity index is 360. The van der Waals surface area contributed by atoms with E-state index in [2.05, 4.69) is 4.98 Å². The third kappa shape index (κ3) is 3.03. The second-order valence-corrected chi connectivity index (χ2v) is 4.72. The number of hydrogen-bond acceptors (Lipinski definition) is 3. The number of nitrogens with zero attached hydrogens (tertiary/aromatic N) is 2. The van der Waals surface area contributed by atoms with E-state index >= 15 is 0 Å². The highest BCUT2D eigenvalue weighted by molar-refractivity contribution is 6.29. The Labute approximate surface area is 101 Å². The van der Waals surface area contributed by atoms with Gasteiger partial charge in [-0.15, -0.1) is 0 Å². The minimum absolute atomic E-state index is 0.00285. The molecule has 4 heteroatoms. The van der Waals surface area contributed by atoms with Crippen LogP contribution >= 0.6 is 11.6 Å².